The fraction of sp³-hybridized carbons (Fsp3) is 0.318. The maximum absolute atomic E-state index is 13.9. The van der Waals surface area contributed by atoms with Crippen LogP contribution in [0.25, 0.3) is 11.0 Å². The Balaban J connectivity index is 1.45. The number of hydrogen-bond acceptors (Lipinski definition) is 4. The zero-order valence-electron chi connectivity index (χ0n) is 16.3. The van der Waals surface area contributed by atoms with Crippen molar-refractivity contribution in [3.05, 3.63) is 54.3 Å². The Morgan fingerprint density at radius 2 is 2.00 bits per heavy atom. The normalized spacial score (nSPS) is 20.7. The third-order valence-electron chi connectivity index (χ3n) is 5.62. The Bertz CT molecular complexity index is 1120. The molecule has 2 aliphatic rings. The largest absolute Gasteiger partial charge is 0.376 e. The molecule has 30 heavy (non-hydrogen) atoms. The van der Waals surface area contributed by atoms with E-state index in [1.807, 2.05) is 28.8 Å². The van der Waals surface area contributed by atoms with Gasteiger partial charge in [-0.1, -0.05) is 24.3 Å². The van der Waals surface area contributed by atoms with Gasteiger partial charge in [-0.25, -0.2) is 9.37 Å². The zero-order chi connectivity index (χ0) is 20.7. The van der Waals surface area contributed by atoms with Crippen molar-refractivity contribution in [2.45, 2.75) is 31.4 Å². The molecule has 2 aliphatic heterocycles. The molecular formula is C22H21FN4O3. The highest BCUT2D eigenvalue weighted by Crippen LogP contribution is 2.37. The van der Waals surface area contributed by atoms with Crippen LogP contribution in [0.4, 0.5) is 16.0 Å². The molecule has 5 rings (SSSR count). The molecule has 7 nitrogen and oxygen atoms in total. The van der Waals surface area contributed by atoms with E-state index >= 15 is 0 Å². The minimum absolute atomic E-state index is 0.0341. The van der Waals surface area contributed by atoms with Crippen LogP contribution in [0.1, 0.15) is 25.3 Å². The van der Waals surface area contributed by atoms with Gasteiger partial charge in [-0.05, 0) is 37.1 Å². The van der Waals surface area contributed by atoms with Crippen LogP contribution in [0.15, 0.2) is 48.5 Å². The number of aromatic nitrogens is 2. The molecule has 0 bridgehead atoms. The van der Waals surface area contributed by atoms with Crippen molar-refractivity contribution in [1.82, 2.24) is 9.55 Å². The molecule has 1 aromatic heterocycles. The number of halogens is 1. The average molecular weight is 408 g/mol. The molecule has 3 heterocycles. The summed E-state index contributed by atoms with van der Waals surface area (Å²) in [6.07, 6.45) is 1.72. The lowest BCUT2D eigenvalue weighted by Crippen LogP contribution is -2.37. The number of ether oxygens (including phenoxy) is 1. The molecule has 0 radical (unpaired) electrons. The molecule has 1 saturated heterocycles. The van der Waals surface area contributed by atoms with Crippen molar-refractivity contribution in [3.8, 4) is 0 Å². The Hall–Kier alpha value is -3.26. The van der Waals surface area contributed by atoms with Crippen LogP contribution in [0.2, 0.25) is 0 Å². The quantitative estimate of drug-likeness (QED) is 0.703. The van der Waals surface area contributed by atoms with Gasteiger partial charge in [-0.2, -0.15) is 0 Å². The fourth-order valence-electron chi connectivity index (χ4n) is 4.20. The van der Waals surface area contributed by atoms with Gasteiger partial charge in [0.05, 0.1) is 35.8 Å². The maximum Gasteiger partial charge on any atom is 0.253 e. The number of carbonyl (C=O) groups is 2. The van der Waals surface area contributed by atoms with Gasteiger partial charge in [-0.15, -0.1) is 0 Å². The van der Waals surface area contributed by atoms with Crippen molar-refractivity contribution >= 4 is 34.5 Å². The van der Waals surface area contributed by atoms with E-state index in [-0.39, 0.29) is 24.1 Å². The molecule has 0 aliphatic carbocycles. The van der Waals surface area contributed by atoms with Crippen LogP contribution in [0, 0.1) is 5.82 Å². The molecular weight excluding hydrogens is 387 g/mol. The van der Waals surface area contributed by atoms with Gasteiger partial charge in [-0.3, -0.25) is 19.1 Å². The van der Waals surface area contributed by atoms with E-state index in [1.165, 1.54) is 12.1 Å². The molecule has 2 atom stereocenters. The summed E-state index contributed by atoms with van der Waals surface area (Å²) in [5, 5.41) is 2.57. The lowest BCUT2D eigenvalue weighted by atomic mass is 10.1. The van der Waals surface area contributed by atoms with Crippen molar-refractivity contribution in [3.63, 3.8) is 0 Å². The molecule has 1 fully saturated rings. The first-order valence-electron chi connectivity index (χ1n) is 10.1. The third-order valence-corrected chi connectivity index (χ3v) is 5.62. The van der Waals surface area contributed by atoms with Gasteiger partial charge in [0.2, 0.25) is 11.9 Å². The third kappa shape index (κ3) is 3.23. The summed E-state index contributed by atoms with van der Waals surface area (Å²) in [6.45, 7) is 1.10. The van der Waals surface area contributed by atoms with E-state index < -0.39 is 17.8 Å². The molecule has 0 spiro atoms. The second-order valence-corrected chi connectivity index (χ2v) is 7.60. The number of anilines is 2. The second-order valence-electron chi connectivity index (χ2n) is 7.60. The first kappa shape index (κ1) is 18.7. The SMILES string of the molecule is O=C(C[C@H]1C(=O)N(C[C@H]2CCCO2)c2nc3ccccc3n21)Nc1ccccc1F. The minimum atomic E-state index is -0.736. The number of para-hydroxylation sites is 3. The number of benzene rings is 2. The van der Waals surface area contributed by atoms with E-state index in [1.54, 1.807) is 17.0 Å². The summed E-state index contributed by atoms with van der Waals surface area (Å²) in [7, 11) is 0. The monoisotopic (exact) mass is 408 g/mol. The number of nitrogens with zero attached hydrogens (tertiary/aromatic N) is 3. The minimum Gasteiger partial charge on any atom is -0.376 e. The van der Waals surface area contributed by atoms with Gasteiger partial charge in [0, 0.05) is 6.61 Å². The van der Waals surface area contributed by atoms with Gasteiger partial charge in [0.1, 0.15) is 11.9 Å². The number of hydrogen-bond donors (Lipinski definition) is 1. The standard InChI is InChI=1S/C22H21FN4O3/c23-15-7-1-2-8-16(15)24-20(28)12-19-21(29)26(13-14-6-5-11-30-14)22-25-17-9-3-4-10-18(17)27(19)22/h1-4,7-10,14,19H,5-6,11-13H2,(H,24,28)/t14-,19+/m1/s1. The molecule has 3 aromatic rings. The Morgan fingerprint density at radius 1 is 1.20 bits per heavy atom. The summed E-state index contributed by atoms with van der Waals surface area (Å²) in [6, 6.07) is 12.8. The lowest BCUT2D eigenvalue weighted by molar-refractivity contribution is -0.124. The first-order chi connectivity index (χ1) is 14.6. The number of fused-ring (bicyclic) bond motifs is 3. The molecule has 2 aromatic carbocycles. The zero-order valence-corrected chi connectivity index (χ0v) is 16.3. The molecule has 2 amide bonds. The van der Waals surface area contributed by atoms with E-state index in [0.29, 0.717) is 19.1 Å². The summed E-state index contributed by atoms with van der Waals surface area (Å²) in [5.74, 6) is -0.610. The van der Waals surface area contributed by atoms with Crippen LogP contribution in [-0.2, 0) is 14.3 Å². The highest BCUT2D eigenvalue weighted by molar-refractivity contribution is 6.05. The van der Waals surface area contributed by atoms with E-state index in [9.17, 15) is 14.0 Å². The van der Waals surface area contributed by atoms with Crippen LogP contribution < -0.4 is 10.2 Å². The van der Waals surface area contributed by atoms with E-state index in [2.05, 4.69) is 10.3 Å². The van der Waals surface area contributed by atoms with Crippen molar-refractivity contribution in [2.75, 3.05) is 23.4 Å². The number of imidazole rings is 1. The number of carbonyl (C=O) groups excluding carboxylic acids is 2. The van der Waals surface area contributed by atoms with E-state index in [4.69, 9.17) is 4.74 Å². The van der Waals surface area contributed by atoms with E-state index in [0.717, 1.165) is 23.9 Å². The van der Waals surface area contributed by atoms with Crippen molar-refractivity contribution < 1.29 is 18.7 Å². The van der Waals surface area contributed by atoms with Crippen LogP contribution in [0.3, 0.4) is 0 Å². The Labute approximate surface area is 172 Å². The van der Waals surface area contributed by atoms with Crippen LogP contribution in [0.5, 0.6) is 0 Å². The maximum atomic E-state index is 13.9. The summed E-state index contributed by atoms with van der Waals surface area (Å²) in [5.41, 5.74) is 1.65. The van der Waals surface area contributed by atoms with Gasteiger partial charge >= 0.3 is 0 Å². The van der Waals surface area contributed by atoms with Gasteiger partial charge < -0.3 is 10.1 Å². The Morgan fingerprint density at radius 3 is 2.80 bits per heavy atom. The second kappa shape index (κ2) is 7.53. The van der Waals surface area contributed by atoms with Crippen molar-refractivity contribution in [1.29, 1.82) is 0 Å². The average Bonchev–Trinajstić information content (AvgIpc) is 3.44. The smallest absolute Gasteiger partial charge is 0.253 e. The Kier molecular flexibility index (Phi) is 4.71. The first-order valence-corrected chi connectivity index (χ1v) is 10.1. The summed E-state index contributed by atoms with van der Waals surface area (Å²) < 4.78 is 21.4. The highest BCUT2D eigenvalue weighted by Gasteiger charge is 2.42. The molecule has 0 saturated carbocycles. The molecule has 8 heteroatoms. The summed E-state index contributed by atoms with van der Waals surface area (Å²) >= 11 is 0. The van der Waals surface area contributed by atoms with Crippen molar-refractivity contribution in [2.24, 2.45) is 0 Å². The number of amides is 2. The molecule has 154 valence electrons. The highest BCUT2D eigenvalue weighted by atomic mass is 19.1. The fourth-order valence-corrected chi connectivity index (χ4v) is 4.20. The number of rotatable bonds is 5. The topological polar surface area (TPSA) is 76.5 Å². The molecule has 1 N–H and O–H groups in total. The molecule has 0 unspecified atom stereocenters. The lowest BCUT2D eigenvalue weighted by Gasteiger charge is -2.19. The predicted octanol–water partition coefficient (Wildman–Crippen LogP) is 3.27. The summed E-state index contributed by atoms with van der Waals surface area (Å²) in [4.78, 5) is 32.2. The van der Waals surface area contributed by atoms with Crippen LogP contribution >= 0.6 is 0 Å². The van der Waals surface area contributed by atoms with Gasteiger partial charge in [0.15, 0.2) is 0 Å². The number of nitrogens with one attached hydrogen (secondary N) is 1. The predicted molar refractivity (Wildman–Crippen MR) is 110 cm³/mol. The van der Waals surface area contributed by atoms with Gasteiger partial charge in [0.25, 0.3) is 5.91 Å². The van der Waals surface area contributed by atoms with Crippen LogP contribution in [-0.4, -0.2) is 40.6 Å².